The van der Waals surface area contributed by atoms with Crippen LogP contribution in [0.2, 0.25) is 0 Å². The monoisotopic (exact) mass is 273 g/mol. The lowest BCUT2D eigenvalue weighted by Gasteiger charge is -2.11. The second-order valence-corrected chi connectivity index (χ2v) is 4.33. The van der Waals surface area contributed by atoms with Crippen LogP contribution in [0.1, 0.15) is 25.8 Å². The van der Waals surface area contributed by atoms with E-state index in [1.54, 1.807) is 14.0 Å². The normalized spacial score (nSPS) is 9.35. The van der Waals surface area contributed by atoms with Gasteiger partial charge < -0.3 is 14.8 Å². The molecule has 1 aromatic carbocycles. The third kappa shape index (κ3) is 5.27. The van der Waals surface area contributed by atoms with Gasteiger partial charge in [0.1, 0.15) is 6.61 Å². The van der Waals surface area contributed by atoms with Gasteiger partial charge in [-0.2, -0.15) is 0 Å². The molecule has 0 unspecified atom stereocenters. The molecule has 0 aromatic heterocycles. The van der Waals surface area contributed by atoms with Crippen molar-refractivity contribution in [3.05, 3.63) is 36.0 Å². The molecule has 0 saturated carbocycles. The van der Waals surface area contributed by atoms with Crippen LogP contribution >= 0.6 is 0 Å². The van der Waals surface area contributed by atoms with Crippen molar-refractivity contribution in [3.8, 4) is 23.3 Å². The van der Waals surface area contributed by atoms with Crippen LogP contribution in [0.4, 0.5) is 0 Å². The molecule has 3 nitrogen and oxygen atoms in total. The maximum atomic E-state index is 5.56. The summed E-state index contributed by atoms with van der Waals surface area (Å²) < 4.78 is 10.9. The Morgan fingerprint density at radius 3 is 2.80 bits per heavy atom. The molecule has 1 rings (SSSR count). The van der Waals surface area contributed by atoms with Crippen molar-refractivity contribution in [2.75, 3.05) is 20.3 Å². The first-order valence-corrected chi connectivity index (χ1v) is 6.82. The molecule has 0 aliphatic heterocycles. The molecule has 0 aliphatic carbocycles. The second-order valence-electron chi connectivity index (χ2n) is 4.33. The van der Waals surface area contributed by atoms with Crippen molar-refractivity contribution in [1.29, 1.82) is 0 Å². The Morgan fingerprint density at radius 1 is 1.35 bits per heavy atom. The van der Waals surface area contributed by atoms with E-state index in [0.717, 1.165) is 36.6 Å². The number of rotatable bonds is 8. The summed E-state index contributed by atoms with van der Waals surface area (Å²) in [5, 5.41) is 3.22. The summed E-state index contributed by atoms with van der Waals surface area (Å²) >= 11 is 0. The summed E-state index contributed by atoms with van der Waals surface area (Å²) in [6.07, 6.45) is 1.84. The van der Waals surface area contributed by atoms with Crippen LogP contribution in [0, 0.1) is 11.8 Å². The highest BCUT2D eigenvalue weighted by Gasteiger charge is 2.05. The fourth-order valence-corrected chi connectivity index (χ4v) is 1.81. The van der Waals surface area contributed by atoms with Crippen molar-refractivity contribution < 1.29 is 9.47 Å². The number of allylic oxidation sites excluding steroid dienone is 1. The molecular weight excluding hydrogens is 250 g/mol. The van der Waals surface area contributed by atoms with E-state index in [0.29, 0.717) is 6.61 Å². The Bertz CT molecular complexity index is 497. The molecular formula is C17H23NO2. The zero-order chi connectivity index (χ0) is 14.8. The van der Waals surface area contributed by atoms with Gasteiger partial charge in [0.2, 0.25) is 0 Å². The zero-order valence-corrected chi connectivity index (χ0v) is 12.6. The number of hydrogen-bond acceptors (Lipinski definition) is 3. The predicted molar refractivity (Wildman–Crippen MR) is 83.1 cm³/mol. The van der Waals surface area contributed by atoms with Crippen molar-refractivity contribution in [3.63, 3.8) is 0 Å². The SMILES string of the molecule is C=C(CCc1ccc(OCC#CC)c(OC)c1)NCC. The number of methoxy groups -OCH3 is 1. The van der Waals surface area contributed by atoms with Crippen LogP contribution in [0.3, 0.4) is 0 Å². The van der Waals surface area contributed by atoms with Crippen LogP contribution < -0.4 is 14.8 Å². The topological polar surface area (TPSA) is 30.5 Å². The standard InChI is InChI=1S/C17H23NO2/c1-5-7-12-20-16-11-10-15(13-17(16)19-4)9-8-14(3)18-6-2/h10-11,13,18H,3,6,8-9,12H2,1-2,4H3. The third-order valence-electron chi connectivity index (χ3n) is 2.85. The molecule has 0 saturated heterocycles. The van der Waals surface area contributed by atoms with E-state index in [1.807, 2.05) is 12.1 Å². The summed E-state index contributed by atoms with van der Waals surface area (Å²) in [4.78, 5) is 0. The minimum Gasteiger partial charge on any atom is -0.493 e. The van der Waals surface area contributed by atoms with Crippen LogP contribution in [-0.2, 0) is 6.42 Å². The first-order valence-electron chi connectivity index (χ1n) is 6.82. The lowest BCUT2D eigenvalue weighted by molar-refractivity contribution is 0.330. The number of benzene rings is 1. The molecule has 0 radical (unpaired) electrons. The molecule has 0 amide bonds. The molecule has 20 heavy (non-hydrogen) atoms. The largest absolute Gasteiger partial charge is 0.493 e. The highest BCUT2D eigenvalue weighted by molar-refractivity contribution is 5.43. The average Bonchev–Trinajstić information content (AvgIpc) is 2.46. The lowest BCUT2D eigenvalue weighted by Crippen LogP contribution is -2.11. The number of hydrogen-bond donors (Lipinski definition) is 1. The van der Waals surface area contributed by atoms with Crippen LogP contribution in [0.25, 0.3) is 0 Å². The molecule has 108 valence electrons. The molecule has 3 heteroatoms. The van der Waals surface area contributed by atoms with E-state index in [2.05, 4.69) is 36.7 Å². The Morgan fingerprint density at radius 2 is 2.15 bits per heavy atom. The quantitative estimate of drug-likeness (QED) is 0.738. The molecule has 0 atom stereocenters. The summed E-state index contributed by atoms with van der Waals surface area (Å²) in [5.41, 5.74) is 2.26. The molecule has 0 heterocycles. The Balaban J connectivity index is 2.65. The molecule has 1 aromatic rings. The lowest BCUT2D eigenvalue weighted by atomic mass is 10.1. The summed E-state index contributed by atoms with van der Waals surface area (Å²) in [5.74, 6) is 7.14. The molecule has 0 bridgehead atoms. The van der Waals surface area contributed by atoms with Crippen molar-refractivity contribution in [2.24, 2.45) is 0 Å². The fourth-order valence-electron chi connectivity index (χ4n) is 1.81. The first-order chi connectivity index (χ1) is 9.71. The Hall–Kier alpha value is -2.08. The Labute approximate surface area is 122 Å². The van der Waals surface area contributed by atoms with Gasteiger partial charge in [-0.05, 0) is 44.4 Å². The number of ether oxygens (including phenoxy) is 2. The first kappa shape index (κ1) is 16.0. The molecule has 1 N–H and O–H groups in total. The van der Waals surface area contributed by atoms with Gasteiger partial charge in [-0.25, -0.2) is 0 Å². The fraction of sp³-hybridized carbons (Fsp3) is 0.412. The zero-order valence-electron chi connectivity index (χ0n) is 12.6. The second kappa shape index (κ2) is 8.92. The van der Waals surface area contributed by atoms with E-state index in [-0.39, 0.29) is 0 Å². The van der Waals surface area contributed by atoms with Gasteiger partial charge in [0, 0.05) is 12.2 Å². The van der Waals surface area contributed by atoms with E-state index in [4.69, 9.17) is 9.47 Å². The summed E-state index contributed by atoms with van der Waals surface area (Å²) in [6, 6.07) is 5.99. The van der Waals surface area contributed by atoms with Crippen LogP contribution in [0.5, 0.6) is 11.5 Å². The highest BCUT2D eigenvalue weighted by atomic mass is 16.5. The molecule has 0 aliphatic rings. The van der Waals surface area contributed by atoms with Gasteiger partial charge >= 0.3 is 0 Å². The van der Waals surface area contributed by atoms with Crippen molar-refractivity contribution >= 4 is 0 Å². The summed E-state index contributed by atoms with van der Waals surface area (Å²) in [6.45, 7) is 9.14. The third-order valence-corrected chi connectivity index (χ3v) is 2.85. The van der Waals surface area contributed by atoms with Gasteiger partial charge in [-0.1, -0.05) is 18.6 Å². The predicted octanol–water partition coefficient (Wildman–Crippen LogP) is 3.15. The van der Waals surface area contributed by atoms with Gasteiger partial charge in [0.05, 0.1) is 7.11 Å². The van der Waals surface area contributed by atoms with E-state index < -0.39 is 0 Å². The summed E-state index contributed by atoms with van der Waals surface area (Å²) in [7, 11) is 1.65. The highest BCUT2D eigenvalue weighted by Crippen LogP contribution is 2.28. The molecule has 0 fully saturated rings. The van der Waals surface area contributed by atoms with Crippen molar-refractivity contribution in [2.45, 2.75) is 26.7 Å². The van der Waals surface area contributed by atoms with E-state index in [1.165, 1.54) is 5.56 Å². The number of nitrogens with one attached hydrogen (secondary N) is 1. The van der Waals surface area contributed by atoms with Crippen LogP contribution in [-0.4, -0.2) is 20.3 Å². The minimum absolute atomic E-state index is 0.378. The maximum absolute atomic E-state index is 5.56. The van der Waals surface area contributed by atoms with Crippen LogP contribution in [0.15, 0.2) is 30.5 Å². The molecule has 0 spiro atoms. The van der Waals surface area contributed by atoms with Crippen molar-refractivity contribution in [1.82, 2.24) is 5.32 Å². The van der Waals surface area contributed by atoms with Gasteiger partial charge in [-0.15, -0.1) is 5.92 Å². The minimum atomic E-state index is 0.378. The van der Waals surface area contributed by atoms with E-state index in [9.17, 15) is 0 Å². The van der Waals surface area contributed by atoms with E-state index >= 15 is 0 Å². The van der Waals surface area contributed by atoms with Gasteiger partial charge in [0.15, 0.2) is 11.5 Å². The van der Waals surface area contributed by atoms with Gasteiger partial charge in [0.25, 0.3) is 0 Å². The average molecular weight is 273 g/mol. The van der Waals surface area contributed by atoms with Gasteiger partial charge in [-0.3, -0.25) is 0 Å². The Kier molecular flexibility index (Phi) is 7.13. The smallest absolute Gasteiger partial charge is 0.162 e. The number of aryl methyl sites for hydroxylation is 1. The maximum Gasteiger partial charge on any atom is 0.162 e.